The van der Waals surface area contributed by atoms with E-state index in [1.807, 2.05) is 0 Å². The van der Waals surface area contributed by atoms with Gasteiger partial charge in [-0.05, 0) is 28.9 Å². The van der Waals surface area contributed by atoms with Crippen LogP contribution < -0.4 is 5.73 Å². The molecule has 0 saturated heterocycles. The van der Waals surface area contributed by atoms with E-state index in [-0.39, 0.29) is 10.7 Å². The molecule has 0 radical (unpaired) electrons. The molecule has 1 aromatic rings. The third kappa shape index (κ3) is 2.05. The second kappa shape index (κ2) is 3.84. The van der Waals surface area contributed by atoms with Crippen molar-refractivity contribution in [1.29, 1.82) is 0 Å². The van der Waals surface area contributed by atoms with E-state index in [1.165, 1.54) is 13.1 Å². The molecule has 0 amide bonds. The number of pyridine rings is 1. The zero-order valence-electron chi connectivity index (χ0n) is 7.29. The standard InChI is InChI=1S/C8H8BrClN2O2/c1-8(11,7(13)14)6-5(10)2-4(9)3-12-6/h2-3H,11H2,1H3,(H,13,14)/t8-/m1/s1. The predicted molar refractivity (Wildman–Crippen MR) is 56.1 cm³/mol. The normalized spacial score (nSPS) is 14.9. The molecule has 0 saturated carbocycles. The summed E-state index contributed by atoms with van der Waals surface area (Å²) in [6, 6.07) is 1.55. The van der Waals surface area contributed by atoms with Crippen molar-refractivity contribution in [3.05, 3.63) is 27.5 Å². The van der Waals surface area contributed by atoms with E-state index in [0.29, 0.717) is 4.47 Å². The van der Waals surface area contributed by atoms with Crippen LogP contribution in [-0.2, 0) is 10.3 Å². The first-order chi connectivity index (χ1) is 6.35. The Balaban J connectivity index is 3.26. The lowest BCUT2D eigenvalue weighted by Crippen LogP contribution is -2.42. The molecule has 0 bridgehead atoms. The summed E-state index contributed by atoms with van der Waals surface area (Å²) in [6.07, 6.45) is 1.45. The summed E-state index contributed by atoms with van der Waals surface area (Å²) >= 11 is 8.99. The number of carbonyl (C=O) groups is 1. The fraction of sp³-hybridized carbons (Fsp3) is 0.250. The van der Waals surface area contributed by atoms with Gasteiger partial charge in [0.25, 0.3) is 0 Å². The topological polar surface area (TPSA) is 76.2 Å². The number of aliphatic carboxylic acids is 1. The van der Waals surface area contributed by atoms with E-state index >= 15 is 0 Å². The molecular formula is C8H8BrClN2O2. The molecule has 0 aromatic carbocycles. The van der Waals surface area contributed by atoms with Crippen LogP contribution in [0.1, 0.15) is 12.6 Å². The van der Waals surface area contributed by atoms with Crippen molar-refractivity contribution in [2.24, 2.45) is 5.73 Å². The van der Waals surface area contributed by atoms with Gasteiger partial charge < -0.3 is 10.8 Å². The Bertz CT molecular complexity index is 382. The van der Waals surface area contributed by atoms with Gasteiger partial charge >= 0.3 is 5.97 Å². The quantitative estimate of drug-likeness (QED) is 0.865. The predicted octanol–water partition coefficient (Wildman–Crippen LogP) is 1.76. The van der Waals surface area contributed by atoms with Gasteiger partial charge in [-0.2, -0.15) is 0 Å². The lowest BCUT2D eigenvalue weighted by Gasteiger charge is -2.19. The highest BCUT2D eigenvalue weighted by atomic mass is 79.9. The molecule has 1 heterocycles. The van der Waals surface area contributed by atoms with E-state index < -0.39 is 11.5 Å². The van der Waals surface area contributed by atoms with Gasteiger partial charge in [-0.1, -0.05) is 11.6 Å². The zero-order chi connectivity index (χ0) is 10.9. The van der Waals surface area contributed by atoms with Gasteiger partial charge in [0.2, 0.25) is 0 Å². The van der Waals surface area contributed by atoms with E-state index in [2.05, 4.69) is 20.9 Å². The fourth-order valence-electron chi connectivity index (χ4n) is 0.898. The molecule has 76 valence electrons. The van der Waals surface area contributed by atoms with E-state index in [4.69, 9.17) is 22.4 Å². The van der Waals surface area contributed by atoms with Crippen LogP contribution in [0.5, 0.6) is 0 Å². The van der Waals surface area contributed by atoms with Crippen molar-refractivity contribution in [1.82, 2.24) is 4.98 Å². The van der Waals surface area contributed by atoms with Crippen molar-refractivity contribution in [3.8, 4) is 0 Å². The molecule has 1 rings (SSSR count). The summed E-state index contributed by atoms with van der Waals surface area (Å²) in [5, 5.41) is 9.08. The number of rotatable bonds is 2. The van der Waals surface area contributed by atoms with Crippen LogP contribution in [0.15, 0.2) is 16.7 Å². The second-order valence-corrected chi connectivity index (χ2v) is 4.31. The van der Waals surface area contributed by atoms with E-state index in [9.17, 15) is 4.79 Å². The third-order valence-electron chi connectivity index (χ3n) is 1.74. The summed E-state index contributed by atoms with van der Waals surface area (Å²) < 4.78 is 0.674. The highest BCUT2D eigenvalue weighted by molar-refractivity contribution is 9.10. The van der Waals surface area contributed by atoms with Crippen molar-refractivity contribution < 1.29 is 9.90 Å². The summed E-state index contributed by atoms with van der Waals surface area (Å²) in [4.78, 5) is 14.7. The Morgan fingerprint density at radius 3 is 2.79 bits per heavy atom. The van der Waals surface area contributed by atoms with Crippen LogP contribution in [0.25, 0.3) is 0 Å². The minimum Gasteiger partial charge on any atom is -0.480 e. The summed E-state index contributed by atoms with van der Waals surface area (Å²) in [5.74, 6) is -1.17. The van der Waals surface area contributed by atoms with Crippen LogP contribution >= 0.6 is 27.5 Å². The molecule has 1 aromatic heterocycles. The van der Waals surface area contributed by atoms with Gasteiger partial charge in [0.15, 0.2) is 5.54 Å². The number of halogens is 2. The molecule has 6 heteroatoms. The number of hydrogen-bond donors (Lipinski definition) is 2. The maximum atomic E-state index is 10.8. The first kappa shape index (κ1) is 11.4. The highest BCUT2D eigenvalue weighted by Crippen LogP contribution is 2.26. The summed E-state index contributed by atoms with van der Waals surface area (Å²) in [6.45, 7) is 1.34. The summed E-state index contributed by atoms with van der Waals surface area (Å²) in [5.41, 5.74) is 4.15. The lowest BCUT2D eigenvalue weighted by atomic mass is 9.99. The van der Waals surface area contributed by atoms with E-state index in [1.54, 1.807) is 6.07 Å². The van der Waals surface area contributed by atoms with Crippen LogP contribution in [-0.4, -0.2) is 16.1 Å². The zero-order valence-corrected chi connectivity index (χ0v) is 9.63. The summed E-state index contributed by atoms with van der Waals surface area (Å²) in [7, 11) is 0. The smallest absolute Gasteiger partial charge is 0.329 e. The minimum atomic E-state index is -1.57. The van der Waals surface area contributed by atoms with Crippen LogP contribution in [0, 0.1) is 0 Å². The fourth-order valence-corrected chi connectivity index (χ4v) is 1.72. The average Bonchev–Trinajstić information content (AvgIpc) is 2.02. The average molecular weight is 280 g/mol. The van der Waals surface area contributed by atoms with Crippen molar-refractivity contribution >= 4 is 33.5 Å². The molecular weight excluding hydrogens is 271 g/mol. The molecule has 0 fully saturated rings. The minimum absolute atomic E-state index is 0.148. The van der Waals surface area contributed by atoms with Crippen molar-refractivity contribution in [3.63, 3.8) is 0 Å². The van der Waals surface area contributed by atoms with Gasteiger partial charge in [0.05, 0.1) is 10.7 Å². The molecule has 0 aliphatic rings. The Morgan fingerprint density at radius 2 is 2.36 bits per heavy atom. The molecule has 3 N–H and O–H groups in total. The van der Waals surface area contributed by atoms with Crippen LogP contribution in [0.2, 0.25) is 5.02 Å². The SMILES string of the molecule is C[C@](N)(C(=O)O)c1ncc(Br)cc1Cl. The Hall–Kier alpha value is -0.650. The lowest BCUT2D eigenvalue weighted by molar-refractivity contribution is -0.143. The third-order valence-corrected chi connectivity index (χ3v) is 2.47. The van der Waals surface area contributed by atoms with Crippen molar-refractivity contribution in [2.75, 3.05) is 0 Å². The molecule has 0 spiro atoms. The van der Waals surface area contributed by atoms with Gasteiger partial charge in [-0.15, -0.1) is 0 Å². The second-order valence-electron chi connectivity index (χ2n) is 2.99. The number of nitrogens with zero attached hydrogens (tertiary/aromatic N) is 1. The largest absolute Gasteiger partial charge is 0.480 e. The molecule has 0 unspecified atom stereocenters. The van der Waals surface area contributed by atoms with E-state index in [0.717, 1.165) is 0 Å². The molecule has 4 nitrogen and oxygen atoms in total. The van der Waals surface area contributed by atoms with Crippen LogP contribution in [0.4, 0.5) is 0 Å². The molecule has 0 aliphatic heterocycles. The maximum Gasteiger partial charge on any atom is 0.329 e. The monoisotopic (exact) mass is 278 g/mol. The van der Waals surface area contributed by atoms with Crippen molar-refractivity contribution in [2.45, 2.75) is 12.5 Å². The number of aromatic nitrogens is 1. The number of carboxylic acids is 1. The number of carboxylic acid groups (broad SMARTS) is 1. The Morgan fingerprint density at radius 1 is 1.79 bits per heavy atom. The highest BCUT2D eigenvalue weighted by Gasteiger charge is 2.33. The number of nitrogens with two attached hydrogens (primary N) is 1. The molecule has 14 heavy (non-hydrogen) atoms. The van der Waals surface area contributed by atoms with Gasteiger partial charge in [-0.25, -0.2) is 4.79 Å². The van der Waals surface area contributed by atoms with Gasteiger partial charge in [0.1, 0.15) is 0 Å². The molecule has 1 atom stereocenters. The Labute approximate surface area is 94.2 Å². The first-order valence-electron chi connectivity index (χ1n) is 3.69. The maximum absolute atomic E-state index is 10.8. The number of hydrogen-bond acceptors (Lipinski definition) is 3. The van der Waals surface area contributed by atoms with Crippen LogP contribution in [0.3, 0.4) is 0 Å². The van der Waals surface area contributed by atoms with Gasteiger partial charge in [-0.3, -0.25) is 4.98 Å². The van der Waals surface area contributed by atoms with Gasteiger partial charge in [0, 0.05) is 10.7 Å². The molecule has 0 aliphatic carbocycles. The Kier molecular flexibility index (Phi) is 3.14. The first-order valence-corrected chi connectivity index (χ1v) is 4.86.